The molecule has 1 saturated heterocycles. The Labute approximate surface area is 129 Å². The molecule has 6 nitrogen and oxygen atoms in total. The average molecular weight is 308 g/mol. The maximum Gasteiger partial charge on any atom is 0.276 e. The van der Waals surface area contributed by atoms with Gasteiger partial charge in [0, 0.05) is 38.6 Å². The Hall–Kier alpha value is -1.73. The molecule has 0 spiro atoms. The van der Waals surface area contributed by atoms with E-state index in [2.05, 4.69) is 10.4 Å². The number of thiocarbonyl (C=S) groups is 1. The van der Waals surface area contributed by atoms with Gasteiger partial charge >= 0.3 is 0 Å². The molecule has 1 amide bonds. The van der Waals surface area contributed by atoms with Crippen LogP contribution >= 0.6 is 12.2 Å². The van der Waals surface area contributed by atoms with Crippen molar-refractivity contribution < 1.29 is 9.53 Å². The van der Waals surface area contributed by atoms with Crippen molar-refractivity contribution in [3.8, 4) is 0 Å². The molecule has 0 saturated carbocycles. The summed E-state index contributed by atoms with van der Waals surface area (Å²) in [4.78, 5) is 14.0. The van der Waals surface area contributed by atoms with Gasteiger partial charge in [-0.05, 0) is 38.6 Å². The predicted molar refractivity (Wildman–Crippen MR) is 84.6 cm³/mol. The van der Waals surface area contributed by atoms with E-state index in [0.29, 0.717) is 24.0 Å². The molecular weight excluding hydrogens is 288 g/mol. The van der Waals surface area contributed by atoms with Gasteiger partial charge in [0.25, 0.3) is 5.91 Å². The maximum atomic E-state index is 12.4. The maximum absolute atomic E-state index is 12.4. The number of methoxy groups -OCH3 is 1. The van der Waals surface area contributed by atoms with Crippen LogP contribution in [-0.2, 0) is 16.6 Å². The van der Waals surface area contributed by atoms with Crippen LogP contribution in [-0.4, -0.2) is 46.0 Å². The fourth-order valence-corrected chi connectivity index (χ4v) is 2.57. The van der Waals surface area contributed by atoms with Gasteiger partial charge in [0.2, 0.25) is 0 Å². The van der Waals surface area contributed by atoms with E-state index in [-0.39, 0.29) is 5.91 Å². The molecule has 0 aliphatic carbocycles. The highest BCUT2D eigenvalue weighted by molar-refractivity contribution is 7.80. The van der Waals surface area contributed by atoms with Crippen molar-refractivity contribution in [2.75, 3.05) is 20.3 Å². The number of nitrogens with zero attached hydrogens (tertiary/aromatic N) is 3. The molecular formula is C14H20N4O2S. The lowest BCUT2D eigenvalue weighted by Gasteiger charge is -2.12. The molecule has 114 valence electrons. The Balaban J connectivity index is 2.20. The van der Waals surface area contributed by atoms with Crippen LogP contribution < -0.4 is 5.32 Å². The van der Waals surface area contributed by atoms with Crippen LogP contribution in [0.4, 0.5) is 0 Å². The number of nitrogens with one attached hydrogen (secondary N) is 1. The fourth-order valence-electron chi connectivity index (χ4n) is 2.28. The van der Waals surface area contributed by atoms with Crippen molar-refractivity contribution >= 4 is 29.3 Å². The second kappa shape index (κ2) is 6.36. The lowest BCUT2D eigenvalue weighted by Crippen LogP contribution is -2.32. The molecule has 0 bridgehead atoms. The standard InChI is InChI=1S/C14H20N4O2S/c1-9-11(10(2)17(3)16-9)8-12-13(19)18(14(21)15-12)6-5-7-20-4/h8H,5-7H2,1-4H3,(H,15,21)/b12-8+. The van der Waals surface area contributed by atoms with Gasteiger partial charge < -0.3 is 10.1 Å². The first-order chi connectivity index (χ1) is 9.95. The second-order valence-corrected chi connectivity index (χ2v) is 5.39. The number of hydrogen-bond donors (Lipinski definition) is 1. The number of carbonyl (C=O) groups excluding carboxylic acids is 1. The van der Waals surface area contributed by atoms with Crippen LogP contribution in [0.2, 0.25) is 0 Å². The first kappa shape index (κ1) is 15.7. The summed E-state index contributed by atoms with van der Waals surface area (Å²) in [5.74, 6) is -0.0984. The molecule has 21 heavy (non-hydrogen) atoms. The zero-order chi connectivity index (χ0) is 15.6. The van der Waals surface area contributed by atoms with Crippen molar-refractivity contribution in [1.29, 1.82) is 0 Å². The van der Waals surface area contributed by atoms with E-state index >= 15 is 0 Å². The van der Waals surface area contributed by atoms with E-state index in [1.165, 1.54) is 0 Å². The van der Waals surface area contributed by atoms with Crippen molar-refractivity contribution in [2.24, 2.45) is 7.05 Å². The molecule has 1 aromatic rings. The number of aryl methyl sites for hydroxylation is 2. The number of hydrogen-bond acceptors (Lipinski definition) is 4. The molecule has 0 unspecified atom stereocenters. The van der Waals surface area contributed by atoms with Crippen LogP contribution in [0.1, 0.15) is 23.4 Å². The van der Waals surface area contributed by atoms with E-state index in [4.69, 9.17) is 17.0 Å². The summed E-state index contributed by atoms with van der Waals surface area (Å²) >= 11 is 5.22. The molecule has 0 aromatic carbocycles. The molecule has 0 atom stereocenters. The molecule has 0 radical (unpaired) electrons. The second-order valence-electron chi connectivity index (χ2n) is 5.00. The first-order valence-corrected chi connectivity index (χ1v) is 7.20. The predicted octanol–water partition coefficient (Wildman–Crippen LogP) is 1.13. The van der Waals surface area contributed by atoms with Crippen LogP contribution in [0, 0.1) is 13.8 Å². The van der Waals surface area contributed by atoms with Crippen molar-refractivity contribution in [3.05, 3.63) is 22.6 Å². The lowest BCUT2D eigenvalue weighted by molar-refractivity contribution is -0.122. The molecule has 7 heteroatoms. The van der Waals surface area contributed by atoms with Crippen LogP contribution in [0.25, 0.3) is 6.08 Å². The molecule has 2 heterocycles. The van der Waals surface area contributed by atoms with E-state index in [1.54, 1.807) is 16.7 Å². The molecule has 1 aliphatic rings. The molecule has 1 N–H and O–H groups in total. The summed E-state index contributed by atoms with van der Waals surface area (Å²) in [6, 6.07) is 0. The minimum absolute atomic E-state index is 0.0984. The number of aromatic nitrogens is 2. The summed E-state index contributed by atoms with van der Waals surface area (Å²) in [5, 5.41) is 7.78. The van der Waals surface area contributed by atoms with Gasteiger partial charge in [-0.25, -0.2) is 0 Å². The third-order valence-corrected chi connectivity index (χ3v) is 3.87. The first-order valence-electron chi connectivity index (χ1n) is 6.79. The summed E-state index contributed by atoms with van der Waals surface area (Å²) < 4.78 is 6.80. The van der Waals surface area contributed by atoms with E-state index in [1.807, 2.05) is 27.0 Å². The Kier molecular flexibility index (Phi) is 4.74. The van der Waals surface area contributed by atoms with Gasteiger partial charge in [-0.3, -0.25) is 14.4 Å². The Morgan fingerprint density at radius 1 is 1.43 bits per heavy atom. The van der Waals surface area contributed by atoms with Gasteiger partial charge in [0.05, 0.1) is 5.69 Å². The quantitative estimate of drug-likeness (QED) is 0.502. The van der Waals surface area contributed by atoms with E-state index in [0.717, 1.165) is 23.4 Å². The van der Waals surface area contributed by atoms with Crippen LogP contribution in [0.5, 0.6) is 0 Å². The summed E-state index contributed by atoms with van der Waals surface area (Å²) in [7, 11) is 3.53. The Morgan fingerprint density at radius 2 is 2.14 bits per heavy atom. The molecule has 1 aromatic heterocycles. The number of ether oxygens (including phenoxy) is 1. The zero-order valence-electron chi connectivity index (χ0n) is 12.8. The largest absolute Gasteiger partial charge is 0.385 e. The summed E-state index contributed by atoms with van der Waals surface area (Å²) in [6.45, 7) is 5.06. The van der Waals surface area contributed by atoms with Crippen LogP contribution in [0.15, 0.2) is 5.70 Å². The van der Waals surface area contributed by atoms with E-state index < -0.39 is 0 Å². The van der Waals surface area contributed by atoms with Crippen molar-refractivity contribution in [2.45, 2.75) is 20.3 Å². The van der Waals surface area contributed by atoms with Gasteiger partial charge in [-0.1, -0.05) is 0 Å². The smallest absolute Gasteiger partial charge is 0.276 e. The average Bonchev–Trinajstić information content (AvgIpc) is 2.83. The summed E-state index contributed by atoms with van der Waals surface area (Å²) in [6.07, 6.45) is 2.57. The summed E-state index contributed by atoms with van der Waals surface area (Å²) in [5.41, 5.74) is 3.35. The SMILES string of the molecule is COCCCN1C(=O)/C(=C\c2c(C)nn(C)c2C)NC1=S. The van der Waals surface area contributed by atoms with Gasteiger partial charge in [-0.2, -0.15) is 5.10 Å². The third-order valence-electron chi connectivity index (χ3n) is 3.55. The number of amides is 1. The molecule has 1 fully saturated rings. The zero-order valence-corrected chi connectivity index (χ0v) is 13.6. The minimum atomic E-state index is -0.0984. The Bertz CT molecular complexity index is 606. The highest BCUT2D eigenvalue weighted by atomic mass is 32.1. The number of rotatable bonds is 5. The van der Waals surface area contributed by atoms with Gasteiger partial charge in [0.1, 0.15) is 5.70 Å². The fraction of sp³-hybridized carbons (Fsp3) is 0.500. The van der Waals surface area contributed by atoms with Gasteiger partial charge in [0.15, 0.2) is 5.11 Å². The van der Waals surface area contributed by atoms with Crippen molar-refractivity contribution in [3.63, 3.8) is 0 Å². The lowest BCUT2D eigenvalue weighted by atomic mass is 10.1. The minimum Gasteiger partial charge on any atom is -0.385 e. The van der Waals surface area contributed by atoms with Gasteiger partial charge in [-0.15, -0.1) is 0 Å². The van der Waals surface area contributed by atoms with Crippen molar-refractivity contribution in [1.82, 2.24) is 20.0 Å². The molecule has 2 rings (SSSR count). The highest BCUT2D eigenvalue weighted by Crippen LogP contribution is 2.19. The molecule has 1 aliphatic heterocycles. The van der Waals surface area contributed by atoms with Crippen LogP contribution in [0.3, 0.4) is 0 Å². The monoisotopic (exact) mass is 308 g/mol. The topological polar surface area (TPSA) is 59.4 Å². The van der Waals surface area contributed by atoms with E-state index in [9.17, 15) is 4.79 Å². The normalized spacial score (nSPS) is 17.0. The third kappa shape index (κ3) is 3.14. The Morgan fingerprint density at radius 3 is 2.71 bits per heavy atom. The highest BCUT2D eigenvalue weighted by Gasteiger charge is 2.30. The number of carbonyl (C=O) groups is 1.